The highest BCUT2D eigenvalue weighted by molar-refractivity contribution is 7.92. The zero-order chi connectivity index (χ0) is 18.6. The fraction of sp³-hybridized carbons (Fsp3) is 0.211. The van der Waals surface area contributed by atoms with E-state index in [1.165, 1.54) is 7.11 Å². The lowest BCUT2D eigenvalue weighted by molar-refractivity contribution is 0.217. The van der Waals surface area contributed by atoms with E-state index >= 15 is 0 Å². The normalized spacial score (nSPS) is 13.3. The molecular formula is C19H20N2O4S. The summed E-state index contributed by atoms with van der Waals surface area (Å²) in [6.07, 6.45) is 1.67. The lowest BCUT2D eigenvalue weighted by atomic mass is 10.2. The molecule has 0 saturated heterocycles. The van der Waals surface area contributed by atoms with Crippen LogP contribution in [0, 0.1) is 4.78 Å². The van der Waals surface area contributed by atoms with Crippen molar-refractivity contribution in [2.45, 2.75) is 4.90 Å². The predicted octanol–water partition coefficient (Wildman–Crippen LogP) is 4.09. The van der Waals surface area contributed by atoms with Gasteiger partial charge in [0.25, 0.3) is 0 Å². The molecule has 0 fully saturated rings. The monoisotopic (exact) mass is 372 g/mol. The summed E-state index contributed by atoms with van der Waals surface area (Å²) < 4.78 is 36.5. The van der Waals surface area contributed by atoms with Gasteiger partial charge in [-0.2, -0.15) is 0 Å². The van der Waals surface area contributed by atoms with Gasteiger partial charge in [0.1, 0.15) is 17.2 Å². The first-order valence-corrected chi connectivity index (χ1v) is 9.72. The van der Waals surface area contributed by atoms with E-state index in [-0.39, 0.29) is 12.4 Å². The molecule has 1 N–H and O–H groups in total. The van der Waals surface area contributed by atoms with E-state index in [2.05, 4.69) is 4.98 Å². The summed E-state index contributed by atoms with van der Waals surface area (Å²) in [7, 11) is 0.281. The average Bonchev–Trinajstić information content (AvgIpc) is 2.66. The highest BCUT2D eigenvalue weighted by Crippen LogP contribution is 2.31. The third-order valence-corrected chi connectivity index (χ3v) is 5.69. The van der Waals surface area contributed by atoms with Gasteiger partial charge in [-0.05, 0) is 42.5 Å². The van der Waals surface area contributed by atoms with Crippen LogP contribution in [0.2, 0.25) is 0 Å². The van der Waals surface area contributed by atoms with Crippen LogP contribution in [-0.2, 0) is 14.5 Å². The second-order valence-electron chi connectivity index (χ2n) is 5.64. The molecule has 1 atom stereocenters. The van der Waals surface area contributed by atoms with Gasteiger partial charge in [-0.25, -0.2) is 8.99 Å². The minimum absolute atomic E-state index is 0.167. The number of hydrogen-bond donors (Lipinski definition) is 1. The first kappa shape index (κ1) is 18.2. The maximum absolute atomic E-state index is 12.4. The number of aromatic nitrogens is 1. The second-order valence-corrected chi connectivity index (χ2v) is 7.87. The molecule has 0 amide bonds. The van der Waals surface area contributed by atoms with Gasteiger partial charge < -0.3 is 14.2 Å². The summed E-state index contributed by atoms with van der Waals surface area (Å²) in [4.78, 5) is 4.80. The Kier molecular flexibility index (Phi) is 5.39. The summed E-state index contributed by atoms with van der Waals surface area (Å²) >= 11 is 0. The Morgan fingerprint density at radius 1 is 1.04 bits per heavy atom. The standard InChI is InChI=1S/C19H20N2O4S/c1-23-11-12-26(20,22)16-6-3-14(4-7-16)25-19-9-10-21-18-13-15(24-2)5-8-17(18)19/h3-10,13,20H,11-12H2,1-2H3. The molecule has 26 heavy (non-hydrogen) atoms. The first-order chi connectivity index (χ1) is 12.5. The smallest absolute Gasteiger partial charge is 0.138 e. The number of methoxy groups -OCH3 is 2. The molecule has 6 nitrogen and oxygen atoms in total. The van der Waals surface area contributed by atoms with Crippen LogP contribution in [0.3, 0.4) is 0 Å². The Labute approximate surface area is 152 Å². The van der Waals surface area contributed by atoms with Crippen molar-refractivity contribution in [2.24, 2.45) is 0 Å². The van der Waals surface area contributed by atoms with Crippen molar-refractivity contribution >= 4 is 20.6 Å². The van der Waals surface area contributed by atoms with Crippen molar-refractivity contribution in [1.82, 2.24) is 4.98 Å². The van der Waals surface area contributed by atoms with Crippen LogP contribution in [0.1, 0.15) is 0 Å². The molecule has 1 aromatic heterocycles. The van der Waals surface area contributed by atoms with Gasteiger partial charge in [0.05, 0.1) is 34.7 Å². The average molecular weight is 372 g/mol. The van der Waals surface area contributed by atoms with Gasteiger partial charge in [-0.15, -0.1) is 0 Å². The molecule has 7 heteroatoms. The number of benzene rings is 2. The molecule has 0 aliphatic rings. The van der Waals surface area contributed by atoms with Crippen LogP contribution in [0.5, 0.6) is 17.2 Å². The Balaban J connectivity index is 1.85. The molecular weight excluding hydrogens is 352 g/mol. The molecule has 0 radical (unpaired) electrons. The van der Waals surface area contributed by atoms with E-state index in [1.807, 2.05) is 18.2 Å². The molecule has 0 aliphatic heterocycles. The topological polar surface area (TPSA) is 81.5 Å². The van der Waals surface area contributed by atoms with Crippen LogP contribution in [-0.4, -0.2) is 35.8 Å². The van der Waals surface area contributed by atoms with Crippen molar-refractivity contribution in [3.05, 3.63) is 54.7 Å². The van der Waals surface area contributed by atoms with Gasteiger partial charge in [0.2, 0.25) is 0 Å². The first-order valence-electron chi connectivity index (χ1n) is 7.99. The van der Waals surface area contributed by atoms with E-state index in [4.69, 9.17) is 19.0 Å². The molecule has 0 spiro atoms. The summed E-state index contributed by atoms with van der Waals surface area (Å²) in [5.41, 5.74) is 0.771. The highest BCUT2D eigenvalue weighted by Gasteiger charge is 2.11. The minimum atomic E-state index is -2.86. The van der Waals surface area contributed by atoms with Crippen molar-refractivity contribution in [3.8, 4) is 17.2 Å². The van der Waals surface area contributed by atoms with Crippen LogP contribution >= 0.6 is 0 Å². The Morgan fingerprint density at radius 2 is 1.77 bits per heavy atom. The Morgan fingerprint density at radius 3 is 2.46 bits per heavy atom. The summed E-state index contributed by atoms with van der Waals surface area (Å²) in [6.45, 7) is 0.285. The number of fused-ring (bicyclic) bond motifs is 1. The molecule has 2 aromatic carbocycles. The van der Waals surface area contributed by atoms with Crippen molar-refractivity contribution in [3.63, 3.8) is 0 Å². The van der Waals surface area contributed by atoms with E-state index in [1.54, 1.807) is 43.6 Å². The lowest BCUT2D eigenvalue weighted by Gasteiger charge is -2.11. The molecule has 1 heterocycles. The maximum Gasteiger partial charge on any atom is 0.138 e. The summed E-state index contributed by atoms with van der Waals surface area (Å²) in [5, 5.41) is 0.863. The van der Waals surface area contributed by atoms with Crippen molar-refractivity contribution < 1.29 is 18.4 Å². The number of pyridine rings is 1. The quantitative estimate of drug-likeness (QED) is 0.675. The van der Waals surface area contributed by atoms with Gasteiger partial charge in [-0.3, -0.25) is 4.98 Å². The number of nitrogens with one attached hydrogen (secondary N) is 1. The fourth-order valence-electron chi connectivity index (χ4n) is 2.49. The predicted molar refractivity (Wildman–Crippen MR) is 101 cm³/mol. The van der Waals surface area contributed by atoms with Gasteiger partial charge in [-0.1, -0.05) is 0 Å². The van der Waals surface area contributed by atoms with E-state index in [9.17, 15) is 4.21 Å². The minimum Gasteiger partial charge on any atom is -0.497 e. The Bertz CT molecular complexity index is 1000. The maximum atomic E-state index is 12.4. The molecule has 0 bridgehead atoms. The Hall–Kier alpha value is -2.64. The second kappa shape index (κ2) is 7.72. The van der Waals surface area contributed by atoms with Gasteiger partial charge >= 0.3 is 0 Å². The highest BCUT2D eigenvalue weighted by atomic mass is 32.2. The zero-order valence-corrected chi connectivity index (χ0v) is 15.4. The van der Waals surface area contributed by atoms with Gasteiger partial charge in [0.15, 0.2) is 0 Å². The third-order valence-electron chi connectivity index (χ3n) is 3.92. The summed E-state index contributed by atoms with van der Waals surface area (Å²) in [6, 6.07) is 14.1. The van der Waals surface area contributed by atoms with Crippen LogP contribution < -0.4 is 9.47 Å². The lowest BCUT2D eigenvalue weighted by Crippen LogP contribution is -2.09. The zero-order valence-electron chi connectivity index (χ0n) is 14.6. The molecule has 0 saturated carbocycles. The SMILES string of the molecule is COCCS(=N)(=O)c1ccc(Oc2ccnc3cc(OC)ccc23)cc1. The number of nitrogens with zero attached hydrogens (tertiary/aromatic N) is 1. The number of rotatable bonds is 7. The van der Waals surface area contributed by atoms with Gasteiger partial charge in [0, 0.05) is 29.7 Å². The van der Waals surface area contributed by atoms with E-state index < -0.39 is 9.73 Å². The number of hydrogen-bond acceptors (Lipinski definition) is 6. The van der Waals surface area contributed by atoms with Crippen LogP contribution in [0.15, 0.2) is 59.6 Å². The van der Waals surface area contributed by atoms with E-state index in [0.29, 0.717) is 16.4 Å². The molecule has 3 aromatic rings. The summed E-state index contributed by atoms with van der Waals surface area (Å²) in [5.74, 6) is 2.16. The number of ether oxygens (including phenoxy) is 3. The fourth-order valence-corrected chi connectivity index (χ4v) is 3.70. The van der Waals surface area contributed by atoms with E-state index in [0.717, 1.165) is 16.7 Å². The molecule has 3 rings (SSSR count). The largest absolute Gasteiger partial charge is 0.497 e. The van der Waals surface area contributed by atoms with Crippen LogP contribution in [0.4, 0.5) is 0 Å². The molecule has 0 aliphatic carbocycles. The molecule has 1 unspecified atom stereocenters. The third kappa shape index (κ3) is 3.95. The van der Waals surface area contributed by atoms with Crippen molar-refractivity contribution in [1.29, 1.82) is 4.78 Å². The molecule has 136 valence electrons. The van der Waals surface area contributed by atoms with Crippen LogP contribution in [0.25, 0.3) is 10.9 Å². The van der Waals surface area contributed by atoms with Crippen molar-refractivity contribution in [2.75, 3.05) is 26.6 Å².